The maximum absolute atomic E-state index is 11.3. The topological polar surface area (TPSA) is 55.4 Å². The molecule has 6 heteroatoms. The number of hydrogen-bond acceptors (Lipinski definition) is 3. The normalized spacial score (nSPS) is 11.4. The van der Waals surface area contributed by atoms with E-state index in [0.717, 1.165) is 4.47 Å². The first-order valence-electron chi connectivity index (χ1n) is 5.39. The monoisotopic (exact) mass is 321 g/mol. The second kappa shape index (κ2) is 6.98. The Morgan fingerprint density at radius 1 is 1.41 bits per heavy atom. The lowest BCUT2D eigenvalue weighted by atomic mass is 10.3. The molecule has 0 radical (unpaired) electrons. The lowest BCUT2D eigenvalue weighted by molar-refractivity contribution is 0.322. The number of ether oxygens (including phenoxy) is 1. The first-order chi connectivity index (χ1) is 8.03. The minimum Gasteiger partial charge on any atom is -0.492 e. The largest absolute Gasteiger partial charge is 0.492 e. The molecule has 0 bridgehead atoms. The number of halogens is 1. The predicted octanol–water partition coefficient (Wildman–Crippen LogP) is 2.16. The standard InChI is InChI=1S/C11H16BrNO3S/c1-2-8-17(14,15)13-6-7-16-11-5-3-4-10(12)9-11/h3-5,9,13H,2,6-8H2,1H3. The Bertz CT molecular complexity index is 448. The van der Waals surface area contributed by atoms with Gasteiger partial charge in [-0.2, -0.15) is 0 Å². The fraction of sp³-hybridized carbons (Fsp3) is 0.455. The van der Waals surface area contributed by atoms with Crippen LogP contribution in [0.25, 0.3) is 0 Å². The Morgan fingerprint density at radius 3 is 2.82 bits per heavy atom. The average Bonchev–Trinajstić information content (AvgIpc) is 2.24. The van der Waals surface area contributed by atoms with Crippen LogP contribution in [0.2, 0.25) is 0 Å². The smallest absolute Gasteiger partial charge is 0.211 e. The van der Waals surface area contributed by atoms with E-state index in [1.807, 2.05) is 31.2 Å². The van der Waals surface area contributed by atoms with Crippen LogP contribution in [-0.2, 0) is 10.0 Å². The number of nitrogens with one attached hydrogen (secondary N) is 1. The van der Waals surface area contributed by atoms with Crippen LogP contribution < -0.4 is 9.46 Å². The van der Waals surface area contributed by atoms with Crippen LogP contribution >= 0.6 is 15.9 Å². The molecule has 0 saturated heterocycles. The van der Waals surface area contributed by atoms with E-state index in [9.17, 15) is 8.42 Å². The van der Waals surface area contributed by atoms with E-state index < -0.39 is 10.0 Å². The van der Waals surface area contributed by atoms with Crippen molar-refractivity contribution in [1.29, 1.82) is 0 Å². The summed E-state index contributed by atoms with van der Waals surface area (Å²) in [5.41, 5.74) is 0. The van der Waals surface area contributed by atoms with Crippen LogP contribution in [0, 0.1) is 0 Å². The number of benzene rings is 1. The number of sulfonamides is 1. The molecule has 0 heterocycles. The molecule has 0 saturated carbocycles. The summed E-state index contributed by atoms with van der Waals surface area (Å²) in [5, 5.41) is 0. The third-order valence-electron chi connectivity index (χ3n) is 1.96. The molecule has 0 aliphatic rings. The Balaban J connectivity index is 2.29. The van der Waals surface area contributed by atoms with Crippen molar-refractivity contribution in [3.63, 3.8) is 0 Å². The van der Waals surface area contributed by atoms with Gasteiger partial charge in [-0.3, -0.25) is 0 Å². The van der Waals surface area contributed by atoms with Gasteiger partial charge in [0.15, 0.2) is 0 Å². The van der Waals surface area contributed by atoms with Crippen molar-refractivity contribution in [2.24, 2.45) is 0 Å². The molecular weight excluding hydrogens is 306 g/mol. The van der Waals surface area contributed by atoms with Crippen LogP contribution in [0.4, 0.5) is 0 Å². The lowest BCUT2D eigenvalue weighted by Crippen LogP contribution is -2.30. The highest BCUT2D eigenvalue weighted by Gasteiger charge is 2.06. The zero-order chi connectivity index (χ0) is 12.7. The van der Waals surface area contributed by atoms with E-state index in [2.05, 4.69) is 20.7 Å². The lowest BCUT2D eigenvalue weighted by Gasteiger charge is -2.08. The van der Waals surface area contributed by atoms with Gasteiger partial charge < -0.3 is 4.74 Å². The Hall–Kier alpha value is -0.590. The molecule has 96 valence electrons. The fourth-order valence-electron chi connectivity index (χ4n) is 1.26. The minimum absolute atomic E-state index is 0.157. The maximum atomic E-state index is 11.3. The third kappa shape index (κ3) is 6.05. The van der Waals surface area contributed by atoms with Crippen molar-refractivity contribution in [3.8, 4) is 5.75 Å². The molecule has 0 aliphatic carbocycles. The SMILES string of the molecule is CCCS(=O)(=O)NCCOc1cccc(Br)c1. The molecule has 0 amide bonds. The first-order valence-corrected chi connectivity index (χ1v) is 7.84. The van der Waals surface area contributed by atoms with E-state index >= 15 is 0 Å². The molecule has 1 aromatic carbocycles. The molecule has 0 fully saturated rings. The van der Waals surface area contributed by atoms with Gasteiger partial charge in [-0.15, -0.1) is 0 Å². The molecule has 1 rings (SSSR count). The summed E-state index contributed by atoms with van der Waals surface area (Å²) in [5.74, 6) is 0.873. The summed E-state index contributed by atoms with van der Waals surface area (Å²) in [4.78, 5) is 0. The molecule has 1 N–H and O–H groups in total. The van der Waals surface area contributed by atoms with E-state index in [4.69, 9.17) is 4.74 Å². The fourth-order valence-corrected chi connectivity index (χ4v) is 2.72. The minimum atomic E-state index is -3.13. The van der Waals surface area contributed by atoms with Crippen LogP contribution in [0.15, 0.2) is 28.7 Å². The highest BCUT2D eigenvalue weighted by molar-refractivity contribution is 9.10. The van der Waals surface area contributed by atoms with Crippen molar-refractivity contribution in [3.05, 3.63) is 28.7 Å². The molecule has 0 aliphatic heterocycles. The van der Waals surface area contributed by atoms with Crippen LogP contribution in [0.1, 0.15) is 13.3 Å². The molecule has 4 nitrogen and oxygen atoms in total. The van der Waals surface area contributed by atoms with Gasteiger partial charge in [0, 0.05) is 11.0 Å². The summed E-state index contributed by atoms with van der Waals surface area (Å²) in [6.45, 7) is 2.44. The number of rotatable bonds is 7. The molecular formula is C11H16BrNO3S. The van der Waals surface area contributed by atoms with Crippen molar-refractivity contribution < 1.29 is 13.2 Å². The van der Waals surface area contributed by atoms with E-state index in [1.165, 1.54) is 0 Å². The molecule has 0 atom stereocenters. The highest BCUT2D eigenvalue weighted by Crippen LogP contribution is 2.17. The highest BCUT2D eigenvalue weighted by atomic mass is 79.9. The summed E-state index contributed by atoms with van der Waals surface area (Å²) in [6, 6.07) is 7.42. The van der Waals surface area contributed by atoms with Crippen molar-refractivity contribution in [1.82, 2.24) is 4.72 Å². The second-order valence-corrected chi connectivity index (χ2v) is 6.36. The van der Waals surface area contributed by atoms with Gasteiger partial charge >= 0.3 is 0 Å². The summed E-state index contributed by atoms with van der Waals surface area (Å²) < 4.78 is 31.5. The van der Waals surface area contributed by atoms with Crippen molar-refractivity contribution in [2.45, 2.75) is 13.3 Å². The van der Waals surface area contributed by atoms with E-state index in [0.29, 0.717) is 18.8 Å². The predicted molar refractivity (Wildman–Crippen MR) is 71.7 cm³/mol. The number of hydrogen-bond donors (Lipinski definition) is 1. The quantitative estimate of drug-likeness (QED) is 0.783. The molecule has 0 spiro atoms. The molecule has 0 aromatic heterocycles. The molecule has 0 unspecified atom stereocenters. The van der Waals surface area contributed by atoms with Gasteiger partial charge in [-0.05, 0) is 24.6 Å². The van der Waals surface area contributed by atoms with Gasteiger partial charge in [-0.1, -0.05) is 28.9 Å². The summed E-state index contributed by atoms with van der Waals surface area (Å²) in [7, 11) is -3.13. The zero-order valence-electron chi connectivity index (χ0n) is 9.65. The zero-order valence-corrected chi connectivity index (χ0v) is 12.1. The van der Waals surface area contributed by atoms with Crippen molar-refractivity contribution >= 4 is 26.0 Å². The van der Waals surface area contributed by atoms with Crippen molar-refractivity contribution in [2.75, 3.05) is 18.9 Å². The summed E-state index contributed by atoms with van der Waals surface area (Å²) in [6.07, 6.45) is 0.613. The van der Waals surface area contributed by atoms with Crippen LogP contribution in [0.3, 0.4) is 0 Å². The Kier molecular flexibility index (Phi) is 5.94. The van der Waals surface area contributed by atoms with Gasteiger partial charge in [-0.25, -0.2) is 13.1 Å². The van der Waals surface area contributed by atoms with E-state index in [-0.39, 0.29) is 12.3 Å². The van der Waals surface area contributed by atoms with Gasteiger partial charge in [0.1, 0.15) is 12.4 Å². The Labute approximate surface area is 111 Å². The van der Waals surface area contributed by atoms with Gasteiger partial charge in [0.2, 0.25) is 10.0 Å². The van der Waals surface area contributed by atoms with Crippen LogP contribution in [-0.4, -0.2) is 27.3 Å². The average molecular weight is 322 g/mol. The maximum Gasteiger partial charge on any atom is 0.211 e. The third-order valence-corrected chi connectivity index (χ3v) is 4.04. The Morgan fingerprint density at radius 2 is 2.18 bits per heavy atom. The van der Waals surface area contributed by atoms with Gasteiger partial charge in [0.05, 0.1) is 5.75 Å². The first kappa shape index (κ1) is 14.5. The van der Waals surface area contributed by atoms with E-state index in [1.54, 1.807) is 0 Å². The second-order valence-electron chi connectivity index (χ2n) is 3.52. The molecule has 17 heavy (non-hydrogen) atoms. The molecule has 1 aromatic rings. The summed E-state index contributed by atoms with van der Waals surface area (Å²) >= 11 is 3.33. The van der Waals surface area contributed by atoms with Crippen LogP contribution in [0.5, 0.6) is 5.75 Å². The van der Waals surface area contributed by atoms with Gasteiger partial charge in [0.25, 0.3) is 0 Å².